The predicted molar refractivity (Wildman–Crippen MR) is 97.9 cm³/mol. The lowest BCUT2D eigenvalue weighted by Gasteiger charge is -2.06. The second-order valence-corrected chi connectivity index (χ2v) is 5.46. The fourth-order valence-electron chi connectivity index (χ4n) is 2.32. The quantitative estimate of drug-likeness (QED) is 0.328. The molecule has 0 fully saturated rings. The molecule has 0 atom stereocenters. The predicted octanol–water partition coefficient (Wildman–Crippen LogP) is 2.81. The van der Waals surface area contributed by atoms with Crippen molar-refractivity contribution < 1.29 is 15.0 Å². The Morgan fingerprint density at radius 2 is 1.76 bits per heavy atom. The minimum absolute atomic E-state index is 0.0799. The molecule has 1 amide bonds. The van der Waals surface area contributed by atoms with E-state index in [1.807, 2.05) is 42.5 Å². The van der Waals surface area contributed by atoms with Crippen LogP contribution in [0.25, 0.3) is 10.8 Å². The first-order chi connectivity index (χ1) is 12.1. The molecule has 0 saturated carbocycles. The molecule has 3 aromatic rings. The average Bonchev–Trinajstić information content (AvgIpc) is 2.63. The number of nitrogens with zero attached hydrogens (tertiary/aromatic N) is 1. The summed E-state index contributed by atoms with van der Waals surface area (Å²) in [6.07, 6.45) is 1.38. The van der Waals surface area contributed by atoms with Crippen LogP contribution in [0.15, 0.2) is 65.8 Å². The number of hydrazone groups is 1. The fraction of sp³-hybridized carbons (Fsp3) is 0.0526. The summed E-state index contributed by atoms with van der Waals surface area (Å²) in [7, 11) is 0. The highest BCUT2D eigenvalue weighted by Gasteiger charge is 2.01. The Kier molecular flexibility index (Phi) is 4.80. The second-order valence-electron chi connectivity index (χ2n) is 5.46. The molecule has 3 aromatic carbocycles. The molecule has 25 heavy (non-hydrogen) atoms. The highest BCUT2D eigenvalue weighted by atomic mass is 16.3. The van der Waals surface area contributed by atoms with E-state index in [9.17, 15) is 15.0 Å². The van der Waals surface area contributed by atoms with Crippen LogP contribution in [0.3, 0.4) is 0 Å². The minimum atomic E-state index is -0.299. The van der Waals surface area contributed by atoms with Crippen LogP contribution in [0.4, 0.5) is 5.69 Å². The third kappa shape index (κ3) is 4.26. The van der Waals surface area contributed by atoms with E-state index in [4.69, 9.17) is 0 Å². The summed E-state index contributed by atoms with van der Waals surface area (Å²) in [5.41, 5.74) is 3.80. The highest BCUT2D eigenvalue weighted by Crippen LogP contribution is 2.24. The van der Waals surface area contributed by atoms with Crippen molar-refractivity contribution in [1.82, 2.24) is 5.43 Å². The number of phenols is 2. The zero-order valence-electron chi connectivity index (χ0n) is 13.3. The number of hydrogen-bond acceptors (Lipinski definition) is 5. The average molecular weight is 335 g/mol. The Morgan fingerprint density at radius 1 is 0.960 bits per heavy atom. The molecule has 3 rings (SSSR count). The van der Waals surface area contributed by atoms with Gasteiger partial charge >= 0.3 is 0 Å². The van der Waals surface area contributed by atoms with Gasteiger partial charge in [-0.2, -0.15) is 5.10 Å². The zero-order chi connectivity index (χ0) is 17.6. The fourth-order valence-corrected chi connectivity index (χ4v) is 2.32. The number of nitrogens with one attached hydrogen (secondary N) is 2. The Labute approximate surface area is 144 Å². The number of carbonyl (C=O) groups excluding carboxylic acids is 1. The van der Waals surface area contributed by atoms with Crippen molar-refractivity contribution in [3.05, 3.63) is 66.2 Å². The number of carbonyl (C=O) groups is 1. The first-order valence-electron chi connectivity index (χ1n) is 7.68. The SMILES string of the molecule is O=C(CNc1ccc2ccccc2c1)NN=Cc1ccc(O)c(O)c1. The Hall–Kier alpha value is -3.54. The monoisotopic (exact) mass is 335 g/mol. The van der Waals surface area contributed by atoms with Crippen LogP contribution in [-0.4, -0.2) is 28.9 Å². The van der Waals surface area contributed by atoms with Crippen molar-refractivity contribution in [1.29, 1.82) is 0 Å². The van der Waals surface area contributed by atoms with Crippen molar-refractivity contribution in [3.8, 4) is 11.5 Å². The molecule has 6 nitrogen and oxygen atoms in total. The largest absolute Gasteiger partial charge is 0.504 e. The molecule has 126 valence electrons. The van der Waals surface area contributed by atoms with Crippen molar-refractivity contribution in [3.63, 3.8) is 0 Å². The number of anilines is 1. The van der Waals surface area contributed by atoms with Crippen LogP contribution >= 0.6 is 0 Å². The topological polar surface area (TPSA) is 94.0 Å². The summed E-state index contributed by atoms with van der Waals surface area (Å²) in [6, 6.07) is 18.1. The van der Waals surface area contributed by atoms with Gasteiger partial charge < -0.3 is 15.5 Å². The molecule has 0 aliphatic carbocycles. The molecule has 0 radical (unpaired) electrons. The van der Waals surface area contributed by atoms with Gasteiger partial charge in [-0.3, -0.25) is 4.79 Å². The maximum atomic E-state index is 11.8. The smallest absolute Gasteiger partial charge is 0.259 e. The number of hydrogen-bond donors (Lipinski definition) is 4. The van der Waals surface area contributed by atoms with E-state index in [0.717, 1.165) is 16.5 Å². The lowest BCUT2D eigenvalue weighted by Crippen LogP contribution is -2.25. The second kappa shape index (κ2) is 7.35. The van der Waals surface area contributed by atoms with E-state index < -0.39 is 0 Å². The van der Waals surface area contributed by atoms with Crippen LogP contribution in [-0.2, 0) is 4.79 Å². The zero-order valence-corrected chi connectivity index (χ0v) is 13.3. The van der Waals surface area contributed by atoms with Crippen LogP contribution in [0.2, 0.25) is 0 Å². The van der Waals surface area contributed by atoms with Crippen molar-refractivity contribution in [2.24, 2.45) is 5.10 Å². The van der Waals surface area contributed by atoms with Crippen LogP contribution in [0.1, 0.15) is 5.56 Å². The van der Waals surface area contributed by atoms with Gasteiger partial charge in [0.05, 0.1) is 12.8 Å². The number of fused-ring (bicyclic) bond motifs is 1. The third-order valence-electron chi connectivity index (χ3n) is 3.60. The molecule has 0 aromatic heterocycles. The van der Waals surface area contributed by atoms with E-state index in [2.05, 4.69) is 15.8 Å². The molecular weight excluding hydrogens is 318 g/mol. The van der Waals surface area contributed by atoms with Crippen LogP contribution in [0.5, 0.6) is 11.5 Å². The summed E-state index contributed by atoms with van der Waals surface area (Å²) in [4.78, 5) is 11.8. The summed E-state index contributed by atoms with van der Waals surface area (Å²) in [6.45, 7) is 0.0799. The summed E-state index contributed by atoms with van der Waals surface area (Å²) in [5, 5.41) is 27.7. The maximum Gasteiger partial charge on any atom is 0.259 e. The number of aromatic hydroxyl groups is 2. The highest BCUT2D eigenvalue weighted by molar-refractivity contribution is 5.87. The molecule has 0 unspecified atom stereocenters. The lowest BCUT2D eigenvalue weighted by molar-refractivity contribution is -0.119. The van der Waals surface area contributed by atoms with Crippen molar-refractivity contribution in [2.45, 2.75) is 0 Å². The molecule has 0 spiro atoms. The van der Waals surface area contributed by atoms with Gasteiger partial charge in [0.15, 0.2) is 11.5 Å². The number of amides is 1. The Bertz CT molecular complexity index is 938. The molecule has 0 saturated heterocycles. The van der Waals surface area contributed by atoms with Gasteiger partial charge in [-0.25, -0.2) is 5.43 Å². The molecule has 6 heteroatoms. The van der Waals surface area contributed by atoms with E-state index in [-0.39, 0.29) is 24.0 Å². The minimum Gasteiger partial charge on any atom is -0.504 e. The van der Waals surface area contributed by atoms with Gasteiger partial charge in [0.25, 0.3) is 5.91 Å². The molecule has 4 N–H and O–H groups in total. The van der Waals surface area contributed by atoms with Gasteiger partial charge in [-0.1, -0.05) is 30.3 Å². The summed E-state index contributed by atoms with van der Waals surface area (Å²) >= 11 is 0. The molecule has 0 bridgehead atoms. The normalized spacial score (nSPS) is 10.9. The van der Waals surface area contributed by atoms with Gasteiger partial charge in [0, 0.05) is 5.69 Å². The molecule has 0 aliphatic rings. The van der Waals surface area contributed by atoms with Crippen LogP contribution < -0.4 is 10.7 Å². The van der Waals surface area contributed by atoms with E-state index in [0.29, 0.717) is 5.56 Å². The van der Waals surface area contributed by atoms with E-state index in [1.54, 1.807) is 6.07 Å². The van der Waals surface area contributed by atoms with E-state index >= 15 is 0 Å². The van der Waals surface area contributed by atoms with Crippen molar-refractivity contribution in [2.75, 3.05) is 11.9 Å². The third-order valence-corrected chi connectivity index (χ3v) is 3.60. The number of rotatable bonds is 5. The standard InChI is InChI=1S/C19H17N3O3/c23-17-8-5-13(9-18(17)24)11-21-22-19(25)12-20-16-7-6-14-3-1-2-4-15(14)10-16/h1-11,20,23-24H,12H2,(H,22,25). The molecular formula is C19H17N3O3. The van der Waals surface area contributed by atoms with Gasteiger partial charge in [-0.05, 0) is 46.7 Å². The first kappa shape index (κ1) is 16.3. The van der Waals surface area contributed by atoms with E-state index in [1.165, 1.54) is 18.3 Å². The molecule has 0 heterocycles. The van der Waals surface area contributed by atoms with Crippen LogP contribution in [0, 0.1) is 0 Å². The van der Waals surface area contributed by atoms with Gasteiger partial charge in [-0.15, -0.1) is 0 Å². The van der Waals surface area contributed by atoms with Gasteiger partial charge in [0.1, 0.15) is 0 Å². The summed E-state index contributed by atoms with van der Waals surface area (Å²) in [5.74, 6) is -0.749. The Balaban J connectivity index is 1.53. The lowest BCUT2D eigenvalue weighted by atomic mass is 10.1. The number of phenolic OH excluding ortho intramolecular Hbond substituents is 2. The van der Waals surface area contributed by atoms with Crippen molar-refractivity contribution >= 4 is 28.6 Å². The first-order valence-corrected chi connectivity index (χ1v) is 7.68. The Morgan fingerprint density at radius 3 is 2.56 bits per heavy atom. The maximum absolute atomic E-state index is 11.8. The van der Waals surface area contributed by atoms with Gasteiger partial charge in [0.2, 0.25) is 0 Å². The number of benzene rings is 3. The molecule has 0 aliphatic heterocycles. The summed E-state index contributed by atoms with van der Waals surface area (Å²) < 4.78 is 0.